The Morgan fingerprint density at radius 2 is 2.04 bits per heavy atom. The minimum atomic E-state index is -3.28. The highest BCUT2D eigenvalue weighted by Crippen LogP contribution is 2.44. The molecule has 2 aliphatic rings. The van der Waals surface area contributed by atoms with Crippen LogP contribution in [0.3, 0.4) is 0 Å². The molecule has 0 spiro atoms. The zero-order valence-corrected chi connectivity index (χ0v) is 18.7. The monoisotopic (exact) mass is 502 g/mol. The molecule has 0 amide bonds. The van der Waals surface area contributed by atoms with Crippen molar-refractivity contribution in [2.75, 3.05) is 10.2 Å². The van der Waals surface area contributed by atoms with Gasteiger partial charge in [-0.2, -0.15) is 0 Å². The van der Waals surface area contributed by atoms with Crippen LogP contribution in [-0.2, 0) is 19.3 Å². The van der Waals surface area contributed by atoms with Gasteiger partial charge >= 0.3 is 0 Å². The lowest BCUT2D eigenvalue weighted by molar-refractivity contribution is -0.151. The van der Waals surface area contributed by atoms with Crippen molar-refractivity contribution in [1.29, 1.82) is 0 Å². The van der Waals surface area contributed by atoms with Gasteiger partial charge < -0.3 is 9.47 Å². The number of hydrogen-bond donors (Lipinski definition) is 0. The topological polar surface area (TPSA) is 52.6 Å². The molecule has 1 unspecified atom stereocenters. The van der Waals surface area contributed by atoms with Crippen LogP contribution < -0.4 is 0 Å². The molecule has 0 aromatic heterocycles. The summed E-state index contributed by atoms with van der Waals surface area (Å²) in [6, 6.07) is 8.64. The van der Waals surface area contributed by atoms with Crippen LogP contribution in [0.25, 0.3) is 0 Å². The van der Waals surface area contributed by atoms with E-state index in [9.17, 15) is 8.42 Å². The molecular weight excluding hydrogens is 475 g/mol. The van der Waals surface area contributed by atoms with Crippen molar-refractivity contribution in [1.82, 2.24) is 0 Å². The van der Waals surface area contributed by atoms with Gasteiger partial charge in [0, 0.05) is 17.3 Å². The Bertz CT molecular complexity index is 801. The Morgan fingerprint density at radius 1 is 1.30 bits per heavy atom. The minimum Gasteiger partial charge on any atom is -0.372 e. The molecule has 1 aromatic carbocycles. The standard InChI is InChI=1S/C21H27IO4S/c1-3-16(2)13-17-9-10-20-21(15-22,26-17)14-18(25-20)11-12-27(23,24)19-7-5-4-6-8-19/h4-8,17-18,20H,1,9-15H2,2H3/t17-,18?,20+,21-/m1/s1. The molecule has 148 valence electrons. The first-order valence-electron chi connectivity index (χ1n) is 9.41. The lowest BCUT2D eigenvalue weighted by Crippen LogP contribution is -2.49. The third kappa shape index (κ3) is 4.85. The smallest absolute Gasteiger partial charge is 0.178 e. The van der Waals surface area contributed by atoms with Crippen LogP contribution in [0.15, 0.2) is 53.1 Å². The maximum atomic E-state index is 12.6. The molecular formula is C21H27IO4S. The zero-order valence-electron chi connectivity index (χ0n) is 15.7. The fraction of sp³-hybridized carbons (Fsp3) is 0.571. The number of benzene rings is 1. The summed E-state index contributed by atoms with van der Waals surface area (Å²) in [6.07, 6.45) is 4.19. The fourth-order valence-electron chi connectivity index (χ4n) is 4.04. The normalized spacial score (nSPS) is 30.5. The van der Waals surface area contributed by atoms with E-state index in [0.717, 1.165) is 35.7 Å². The van der Waals surface area contributed by atoms with Crippen LogP contribution >= 0.6 is 22.6 Å². The van der Waals surface area contributed by atoms with Crippen molar-refractivity contribution >= 4 is 32.4 Å². The molecule has 27 heavy (non-hydrogen) atoms. The Morgan fingerprint density at radius 3 is 2.70 bits per heavy atom. The van der Waals surface area contributed by atoms with Gasteiger partial charge in [0.05, 0.1) is 29.0 Å². The Kier molecular flexibility index (Phi) is 6.85. The number of sulfone groups is 1. The first-order chi connectivity index (χ1) is 12.9. The second-order valence-corrected chi connectivity index (χ2v) is 10.4. The highest BCUT2D eigenvalue weighted by atomic mass is 127. The third-order valence-corrected chi connectivity index (χ3v) is 8.60. The molecule has 6 heteroatoms. The van der Waals surface area contributed by atoms with Gasteiger partial charge in [0.15, 0.2) is 9.84 Å². The summed E-state index contributed by atoms with van der Waals surface area (Å²) >= 11 is 2.37. The highest BCUT2D eigenvalue weighted by Gasteiger charge is 2.52. The summed E-state index contributed by atoms with van der Waals surface area (Å²) in [5.41, 5.74) is 3.77. The number of hydrogen-bond acceptors (Lipinski definition) is 4. The second-order valence-electron chi connectivity index (χ2n) is 7.55. The summed E-state index contributed by atoms with van der Waals surface area (Å²) in [4.78, 5) is 0.381. The second kappa shape index (κ2) is 8.78. The maximum Gasteiger partial charge on any atom is 0.178 e. The van der Waals surface area contributed by atoms with Gasteiger partial charge in [0.1, 0.15) is 5.60 Å². The molecule has 4 nitrogen and oxygen atoms in total. The number of alkyl halides is 1. The zero-order chi connectivity index (χ0) is 19.5. The van der Waals surface area contributed by atoms with Crippen molar-refractivity contribution in [3.8, 4) is 0 Å². The number of halogens is 1. The first kappa shape index (κ1) is 21.1. The lowest BCUT2D eigenvalue weighted by atomic mass is 9.87. The van der Waals surface area contributed by atoms with Gasteiger partial charge in [-0.1, -0.05) is 47.4 Å². The van der Waals surface area contributed by atoms with E-state index in [1.165, 1.54) is 0 Å². The van der Waals surface area contributed by atoms with Gasteiger partial charge in [0.2, 0.25) is 0 Å². The van der Waals surface area contributed by atoms with E-state index in [4.69, 9.17) is 9.47 Å². The number of fused-ring (bicyclic) bond motifs is 1. The molecule has 2 heterocycles. The Hall–Kier alpha value is -0.660. The lowest BCUT2D eigenvalue weighted by Gasteiger charge is -2.41. The number of ether oxygens (including phenoxy) is 2. The molecule has 0 aliphatic carbocycles. The quantitative estimate of drug-likeness (QED) is 0.314. The average Bonchev–Trinajstić information content (AvgIpc) is 3.05. The van der Waals surface area contributed by atoms with Gasteiger partial charge in [-0.05, 0) is 43.9 Å². The highest BCUT2D eigenvalue weighted by molar-refractivity contribution is 14.1. The van der Waals surface area contributed by atoms with Gasteiger partial charge in [-0.3, -0.25) is 0 Å². The third-order valence-electron chi connectivity index (χ3n) is 5.54. The predicted molar refractivity (Wildman–Crippen MR) is 115 cm³/mol. The summed E-state index contributed by atoms with van der Waals surface area (Å²) in [6.45, 7) is 5.74. The molecule has 0 bridgehead atoms. The molecule has 0 radical (unpaired) electrons. The van der Waals surface area contributed by atoms with E-state index in [-0.39, 0.29) is 29.7 Å². The average molecular weight is 502 g/mol. The molecule has 2 aliphatic heterocycles. The van der Waals surface area contributed by atoms with Crippen molar-refractivity contribution < 1.29 is 17.9 Å². The van der Waals surface area contributed by atoms with E-state index in [0.29, 0.717) is 11.3 Å². The largest absolute Gasteiger partial charge is 0.372 e. The Labute approximate surface area is 176 Å². The van der Waals surface area contributed by atoms with Crippen LogP contribution in [0.5, 0.6) is 0 Å². The molecule has 2 saturated heterocycles. The fourth-order valence-corrected chi connectivity index (χ4v) is 6.40. The van der Waals surface area contributed by atoms with Crippen molar-refractivity contribution in [2.45, 2.75) is 67.8 Å². The summed E-state index contributed by atoms with van der Waals surface area (Å²) in [5.74, 6) is 0.105. The van der Waals surface area contributed by atoms with Crippen molar-refractivity contribution in [2.24, 2.45) is 0 Å². The van der Waals surface area contributed by atoms with Crippen molar-refractivity contribution in [3.05, 3.63) is 48.2 Å². The van der Waals surface area contributed by atoms with E-state index < -0.39 is 9.84 Å². The van der Waals surface area contributed by atoms with Crippen LogP contribution in [0.1, 0.15) is 39.0 Å². The van der Waals surface area contributed by atoms with Gasteiger partial charge in [-0.15, -0.1) is 5.73 Å². The molecule has 0 N–H and O–H groups in total. The SMILES string of the molecule is C=C=C(C)C[C@H]1CC[C@@H]2OC(CCS(=O)(=O)c3ccccc3)C[C@]2(CI)O1. The van der Waals surface area contributed by atoms with E-state index >= 15 is 0 Å². The molecule has 4 atom stereocenters. The van der Waals surface area contributed by atoms with Gasteiger partial charge in [0.25, 0.3) is 0 Å². The molecule has 1 aromatic rings. The number of rotatable bonds is 7. The van der Waals surface area contributed by atoms with E-state index in [2.05, 4.69) is 34.9 Å². The minimum absolute atomic E-state index is 0.0584. The maximum absolute atomic E-state index is 12.6. The van der Waals surface area contributed by atoms with Crippen LogP contribution in [0.4, 0.5) is 0 Å². The van der Waals surface area contributed by atoms with Crippen LogP contribution in [0.2, 0.25) is 0 Å². The Balaban J connectivity index is 1.63. The van der Waals surface area contributed by atoms with Gasteiger partial charge in [-0.25, -0.2) is 8.42 Å². The summed E-state index contributed by atoms with van der Waals surface area (Å²) < 4.78 is 38.7. The van der Waals surface area contributed by atoms with E-state index in [1.54, 1.807) is 24.3 Å². The molecule has 2 fully saturated rings. The predicted octanol–water partition coefficient (Wildman–Crippen LogP) is 4.48. The first-order valence-corrected chi connectivity index (χ1v) is 12.6. The van der Waals surface area contributed by atoms with Crippen LogP contribution in [0, 0.1) is 0 Å². The van der Waals surface area contributed by atoms with E-state index in [1.807, 2.05) is 13.0 Å². The van der Waals surface area contributed by atoms with Crippen molar-refractivity contribution in [3.63, 3.8) is 0 Å². The van der Waals surface area contributed by atoms with Crippen LogP contribution in [-0.4, -0.2) is 42.5 Å². The summed E-state index contributed by atoms with van der Waals surface area (Å²) in [5, 5.41) is 0. The summed E-state index contributed by atoms with van der Waals surface area (Å²) in [7, 11) is -3.28. The molecule has 0 saturated carbocycles. The molecule has 3 rings (SSSR count).